The van der Waals surface area contributed by atoms with Crippen LogP contribution in [0.3, 0.4) is 0 Å². The highest BCUT2D eigenvalue weighted by molar-refractivity contribution is 8.00. The average molecular weight is 504 g/mol. The number of benzene rings is 3. The Labute approximate surface area is 215 Å². The first kappa shape index (κ1) is 25.3. The summed E-state index contributed by atoms with van der Waals surface area (Å²) in [5, 5.41) is 5.59. The maximum Gasteiger partial charge on any atom is 0.252 e. The number of nitrogens with one attached hydrogen (secondary N) is 2. The molecular formula is C28H29N3O4S. The van der Waals surface area contributed by atoms with E-state index < -0.39 is 5.54 Å². The van der Waals surface area contributed by atoms with E-state index in [4.69, 9.17) is 4.74 Å². The Balaban J connectivity index is 1.51. The SMILES string of the molecule is CCC(C)(NC(=O)c1cccc(N2C(=O)CSC2c2ccccc2)c1)C(=O)Nc1ccc(OC)cc1. The molecule has 1 saturated heterocycles. The highest BCUT2D eigenvalue weighted by atomic mass is 32.2. The highest BCUT2D eigenvalue weighted by Gasteiger charge is 2.36. The van der Waals surface area contributed by atoms with Crippen molar-refractivity contribution in [3.8, 4) is 5.75 Å². The second-order valence-electron chi connectivity index (χ2n) is 8.71. The molecule has 0 aliphatic carbocycles. The number of amides is 3. The molecule has 2 N–H and O–H groups in total. The molecule has 4 rings (SSSR count). The summed E-state index contributed by atoms with van der Waals surface area (Å²) < 4.78 is 5.15. The third kappa shape index (κ3) is 5.39. The number of hydrogen-bond acceptors (Lipinski definition) is 5. The lowest BCUT2D eigenvalue weighted by Gasteiger charge is -2.29. The molecule has 8 heteroatoms. The number of thioether (sulfide) groups is 1. The number of methoxy groups -OCH3 is 1. The van der Waals surface area contributed by atoms with Crippen LogP contribution in [-0.4, -0.2) is 36.1 Å². The molecule has 3 aromatic carbocycles. The Kier molecular flexibility index (Phi) is 7.64. The number of anilines is 2. The molecule has 3 amide bonds. The average Bonchev–Trinajstić information content (AvgIpc) is 3.30. The molecule has 0 aromatic heterocycles. The van der Waals surface area contributed by atoms with E-state index in [1.54, 1.807) is 73.2 Å². The fraction of sp³-hybridized carbons (Fsp3) is 0.250. The van der Waals surface area contributed by atoms with E-state index in [1.165, 1.54) is 0 Å². The van der Waals surface area contributed by atoms with E-state index in [9.17, 15) is 14.4 Å². The summed E-state index contributed by atoms with van der Waals surface area (Å²) in [6, 6.07) is 23.8. The van der Waals surface area contributed by atoms with Crippen molar-refractivity contribution in [2.45, 2.75) is 31.2 Å². The molecule has 1 fully saturated rings. The minimum atomic E-state index is -1.14. The molecule has 2 atom stereocenters. The summed E-state index contributed by atoms with van der Waals surface area (Å²) in [7, 11) is 1.58. The molecule has 186 valence electrons. The largest absolute Gasteiger partial charge is 0.497 e. The van der Waals surface area contributed by atoms with Crippen molar-refractivity contribution >= 4 is 40.9 Å². The highest BCUT2D eigenvalue weighted by Crippen LogP contribution is 2.41. The summed E-state index contributed by atoms with van der Waals surface area (Å²) in [6.45, 7) is 3.54. The molecule has 1 aliphatic heterocycles. The van der Waals surface area contributed by atoms with Gasteiger partial charge in [-0.3, -0.25) is 19.3 Å². The van der Waals surface area contributed by atoms with Crippen molar-refractivity contribution in [1.82, 2.24) is 5.32 Å². The Morgan fingerprint density at radius 3 is 2.44 bits per heavy atom. The predicted octanol–water partition coefficient (Wildman–Crippen LogP) is 5.01. The van der Waals surface area contributed by atoms with Gasteiger partial charge in [0.2, 0.25) is 11.8 Å². The summed E-state index contributed by atoms with van der Waals surface area (Å²) in [5.74, 6) is 0.333. The smallest absolute Gasteiger partial charge is 0.252 e. The molecule has 0 radical (unpaired) electrons. The summed E-state index contributed by atoms with van der Waals surface area (Å²) >= 11 is 1.56. The van der Waals surface area contributed by atoms with Gasteiger partial charge >= 0.3 is 0 Å². The summed E-state index contributed by atoms with van der Waals surface area (Å²) in [4.78, 5) is 40.8. The van der Waals surface area contributed by atoms with Crippen LogP contribution in [0.2, 0.25) is 0 Å². The molecule has 1 aliphatic rings. The van der Waals surface area contributed by atoms with Crippen molar-refractivity contribution in [3.05, 3.63) is 90.0 Å². The van der Waals surface area contributed by atoms with Crippen molar-refractivity contribution in [2.75, 3.05) is 23.1 Å². The van der Waals surface area contributed by atoms with Crippen LogP contribution in [0.15, 0.2) is 78.9 Å². The number of hydrogen-bond donors (Lipinski definition) is 2. The lowest BCUT2D eigenvalue weighted by Crippen LogP contribution is -2.54. The Hall–Kier alpha value is -3.78. The zero-order valence-electron chi connectivity index (χ0n) is 20.5. The van der Waals surface area contributed by atoms with Crippen LogP contribution in [0.1, 0.15) is 41.6 Å². The molecule has 3 aromatic rings. The number of carbonyl (C=O) groups is 3. The van der Waals surface area contributed by atoms with Crippen molar-refractivity contribution in [1.29, 1.82) is 0 Å². The number of carbonyl (C=O) groups excluding carboxylic acids is 3. The minimum Gasteiger partial charge on any atom is -0.497 e. The zero-order valence-corrected chi connectivity index (χ0v) is 21.3. The fourth-order valence-electron chi connectivity index (χ4n) is 3.94. The normalized spacial score (nSPS) is 16.8. The van der Waals surface area contributed by atoms with Crippen molar-refractivity contribution < 1.29 is 19.1 Å². The summed E-state index contributed by atoms with van der Waals surface area (Å²) in [5.41, 5.74) is 1.51. The topological polar surface area (TPSA) is 87.7 Å². The van der Waals surface area contributed by atoms with Crippen LogP contribution in [-0.2, 0) is 9.59 Å². The first-order valence-corrected chi connectivity index (χ1v) is 12.8. The van der Waals surface area contributed by atoms with Gasteiger partial charge in [0.05, 0.1) is 12.9 Å². The third-order valence-electron chi connectivity index (χ3n) is 6.28. The lowest BCUT2D eigenvalue weighted by atomic mass is 9.96. The van der Waals surface area contributed by atoms with Gasteiger partial charge in [0.15, 0.2) is 0 Å². The first-order valence-electron chi connectivity index (χ1n) is 11.7. The van der Waals surface area contributed by atoms with E-state index in [-0.39, 0.29) is 23.1 Å². The van der Waals surface area contributed by atoms with Crippen LogP contribution < -0.4 is 20.3 Å². The van der Waals surface area contributed by atoms with Gasteiger partial charge in [-0.1, -0.05) is 43.3 Å². The first-order chi connectivity index (χ1) is 17.3. The van der Waals surface area contributed by atoms with Gasteiger partial charge in [0.1, 0.15) is 16.7 Å². The van der Waals surface area contributed by atoms with Gasteiger partial charge in [0, 0.05) is 16.9 Å². The molecule has 36 heavy (non-hydrogen) atoms. The molecule has 0 bridgehead atoms. The van der Waals surface area contributed by atoms with Crippen LogP contribution in [0.4, 0.5) is 11.4 Å². The van der Waals surface area contributed by atoms with E-state index >= 15 is 0 Å². The number of ether oxygens (including phenoxy) is 1. The van der Waals surface area contributed by atoms with Gasteiger partial charge < -0.3 is 15.4 Å². The molecule has 0 spiro atoms. The van der Waals surface area contributed by atoms with Crippen LogP contribution in [0, 0.1) is 0 Å². The molecular weight excluding hydrogens is 474 g/mol. The fourth-order valence-corrected chi connectivity index (χ4v) is 5.11. The van der Waals surface area contributed by atoms with Gasteiger partial charge in [-0.15, -0.1) is 11.8 Å². The minimum absolute atomic E-state index is 0.0105. The van der Waals surface area contributed by atoms with Gasteiger partial charge in [-0.05, 0) is 61.4 Å². The van der Waals surface area contributed by atoms with Crippen molar-refractivity contribution in [2.24, 2.45) is 0 Å². The zero-order chi connectivity index (χ0) is 25.7. The predicted molar refractivity (Wildman–Crippen MR) is 143 cm³/mol. The second kappa shape index (κ2) is 10.9. The molecule has 2 unspecified atom stereocenters. The van der Waals surface area contributed by atoms with Crippen molar-refractivity contribution in [3.63, 3.8) is 0 Å². The molecule has 0 saturated carbocycles. The quantitative estimate of drug-likeness (QED) is 0.451. The van der Waals surface area contributed by atoms with Crippen LogP contribution in [0.5, 0.6) is 5.75 Å². The summed E-state index contributed by atoms with van der Waals surface area (Å²) in [6.07, 6.45) is 0.387. The standard InChI is InChI=1S/C28H29N3O4S/c1-4-28(2,27(34)29-21-13-15-23(35-3)16-14-21)30-25(33)20-11-8-12-22(17-20)31-24(32)18-36-26(31)19-9-6-5-7-10-19/h5-17,26H,4,18H2,1-3H3,(H,29,34)(H,30,33). The van der Waals surface area contributed by atoms with E-state index in [0.717, 1.165) is 5.56 Å². The Bertz CT molecular complexity index is 1250. The maximum absolute atomic E-state index is 13.2. The van der Waals surface area contributed by atoms with Crippen LogP contribution in [0.25, 0.3) is 0 Å². The number of rotatable bonds is 8. The Morgan fingerprint density at radius 1 is 1.06 bits per heavy atom. The second-order valence-corrected chi connectivity index (χ2v) is 9.78. The van der Waals surface area contributed by atoms with Gasteiger partial charge in [0.25, 0.3) is 5.91 Å². The maximum atomic E-state index is 13.2. The lowest BCUT2D eigenvalue weighted by molar-refractivity contribution is -0.121. The van der Waals surface area contributed by atoms with Gasteiger partial charge in [-0.25, -0.2) is 0 Å². The monoisotopic (exact) mass is 503 g/mol. The molecule has 7 nitrogen and oxygen atoms in total. The number of nitrogens with zero attached hydrogens (tertiary/aromatic N) is 1. The Morgan fingerprint density at radius 2 is 1.78 bits per heavy atom. The van der Waals surface area contributed by atoms with Gasteiger partial charge in [-0.2, -0.15) is 0 Å². The van der Waals surface area contributed by atoms with E-state index in [2.05, 4.69) is 10.6 Å². The van der Waals surface area contributed by atoms with E-state index in [1.807, 2.05) is 43.3 Å². The molecule has 1 heterocycles. The third-order valence-corrected chi connectivity index (χ3v) is 7.50. The van der Waals surface area contributed by atoms with Crippen LogP contribution >= 0.6 is 11.8 Å². The van der Waals surface area contributed by atoms with E-state index in [0.29, 0.717) is 34.9 Å².